The molecule has 2 unspecified atom stereocenters. The van der Waals surface area contributed by atoms with Crippen LogP contribution in [0.2, 0.25) is 0 Å². The standard InChI is InChI=1S/C25H26N4O/c1-17-12-19(16-29(15-17)24(30)9-6-18-4-2-10-26-13-18)20-7-8-22(23-14-28-23)25-21(20)5-3-11-27-25/h2-5,7-8,10-11,13,17,19H,6,9,12,14-16H2,1H3. The predicted molar refractivity (Wildman–Crippen MR) is 119 cm³/mol. The molecule has 30 heavy (non-hydrogen) atoms. The molecule has 2 aliphatic heterocycles. The molecule has 1 aromatic carbocycles. The minimum absolute atomic E-state index is 0.238. The molecular formula is C25H26N4O. The Morgan fingerprint density at radius 3 is 2.80 bits per heavy atom. The quantitative estimate of drug-likeness (QED) is 0.652. The van der Waals surface area contributed by atoms with Gasteiger partial charge in [-0.3, -0.25) is 19.8 Å². The summed E-state index contributed by atoms with van der Waals surface area (Å²) in [4.78, 5) is 28.2. The molecule has 4 heterocycles. The lowest BCUT2D eigenvalue weighted by Gasteiger charge is -2.37. The number of aromatic nitrogens is 2. The van der Waals surface area contributed by atoms with Gasteiger partial charge in [-0.1, -0.05) is 31.2 Å². The SMILES string of the molecule is CC1CC(c2ccc(C3=NC3)c3ncccc23)CN(C(=O)CCc2cccnc2)C1. The summed E-state index contributed by atoms with van der Waals surface area (Å²) in [7, 11) is 0. The molecule has 1 amide bonds. The average molecular weight is 399 g/mol. The van der Waals surface area contributed by atoms with E-state index in [9.17, 15) is 4.79 Å². The van der Waals surface area contributed by atoms with E-state index in [0.29, 0.717) is 18.3 Å². The van der Waals surface area contributed by atoms with Gasteiger partial charge in [0.2, 0.25) is 5.91 Å². The van der Waals surface area contributed by atoms with Crippen LogP contribution in [0.5, 0.6) is 0 Å². The number of aryl methyl sites for hydroxylation is 1. The van der Waals surface area contributed by atoms with Gasteiger partial charge in [-0.25, -0.2) is 0 Å². The third-order valence-electron chi connectivity index (χ3n) is 6.23. The van der Waals surface area contributed by atoms with Gasteiger partial charge in [-0.2, -0.15) is 0 Å². The maximum atomic E-state index is 13.0. The van der Waals surface area contributed by atoms with E-state index in [1.165, 1.54) is 10.9 Å². The molecule has 2 atom stereocenters. The first-order valence-corrected chi connectivity index (χ1v) is 10.8. The van der Waals surface area contributed by atoms with E-state index in [1.54, 1.807) is 6.20 Å². The van der Waals surface area contributed by atoms with Gasteiger partial charge in [0.1, 0.15) is 0 Å². The molecule has 1 saturated heterocycles. The van der Waals surface area contributed by atoms with Crippen molar-refractivity contribution in [3.63, 3.8) is 0 Å². The first-order valence-electron chi connectivity index (χ1n) is 10.8. The predicted octanol–water partition coefficient (Wildman–Crippen LogP) is 4.02. The number of aliphatic imine (C=N–C) groups is 1. The second-order valence-electron chi connectivity index (χ2n) is 8.56. The highest BCUT2D eigenvalue weighted by Crippen LogP contribution is 2.35. The second kappa shape index (κ2) is 7.98. The highest BCUT2D eigenvalue weighted by Gasteiger charge is 2.30. The molecule has 1 fully saturated rings. The Bertz CT molecular complexity index is 1110. The van der Waals surface area contributed by atoms with Crippen LogP contribution in [0, 0.1) is 5.92 Å². The van der Waals surface area contributed by atoms with Crippen molar-refractivity contribution in [3.8, 4) is 0 Å². The lowest BCUT2D eigenvalue weighted by Crippen LogP contribution is -2.42. The Hall–Kier alpha value is -3.08. The molecule has 5 rings (SSSR count). The Balaban J connectivity index is 1.37. The number of pyridine rings is 2. The molecule has 0 aliphatic carbocycles. The summed E-state index contributed by atoms with van der Waals surface area (Å²) in [6.45, 7) is 4.69. The summed E-state index contributed by atoms with van der Waals surface area (Å²) >= 11 is 0. The number of carbonyl (C=O) groups is 1. The minimum atomic E-state index is 0.238. The third kappa shape index (κ3) is 3.84. The summed E-state index contributed by atoms with van der Waals surface area (Å²) in [5.41, 5.74) is 5.76. The van der Waals surface area contributed by atoms with Crippen LogP contribution >= 0.6 is 0 Å². The van der Waals surface area contributed by atoms with Crippen molar-refractivity contribution in [2.24, 2.45) is 10.9 Å². The van der Waals surface area contributed by atoms with Gasteiger partial charge in [0.05, 0.1) is 17.8 Å². The molecular weight excluding hydrogens is 372 g/mol. The van der Waals surface area contributed by atoms with Crippen LogP contribution < -0.4 is 0 Å². The topological polar surface area (TPSA) is 58.5 Å². The molecule has 0 radical (unpaired) electrons. The normalized spacial score (nSPS) is 20.8. The zero-order chi connectivity index (χ0) is 20.5. The van der Waals surface area contributed by atoms with Crippen LogP contribution in [-0.2, 0) is 11.2 Å². The highest BCUT2D eigenvalue weighted by molar-refractivity contribution is 6.17. The van der Waals surface area contributed by atoms with Crippen molar-refractivity contribution in [3.05, 3.63) is 71.7 Å². The van der Waals surface area contributed by atoms with E-state index in [-0.39, 0.29) is 5.91 Å². The van der Waals surface area contributed by atoms with Crippen LogP contribution in [0.1, 0.15) is 42.4 Å². The number of carbonyl (C=O) groups excluding carboxylic acids is 1. The lowest BCUT2D eigenvalue weighted by molar-refractivity contribution is -0.133. The largest absolute Gasteiger partial charge is 0.342 e. The number of rotatable bonds is 5. The van der Waals surface area contributed by atoms with Gasteiger partial charge in [-0.05, 0) is 42.0 Å². The number of hydrogen-bond donors (Lipinski definition) is 0. The van der Waals surface area contributed by atoms with Gasteiger partial charge in [0, 0.05) is 55.0 Å². The molecule has 0 bridgehead atoms. The Kier molecular flexibility index (Phi) is 5.03. The smallest absolute Gasteiger partial charge is 0.222 e. The van der Waals surface area contributed by atoms with Crippen LogP contribution in [0.25, 0.3) is 10.9 Å². The summed E-state index contributed by atoms with van der Waals surface area (Å²) < 4.78 is 0. The Morgan fingerprint density at radius 2 is 2.00 bits per heavy atom. The first kappa shape index (κ1) is 18.9. The summed E-state index contributed by atoms with van der Waals surface area (Å²) in [6, 6.07) is 12.5. The minimum Gasteiger partial charge on any atom is -0.342 e. The fourth-order valence-corrected chi connectivity index (χ4v) is 4.73. The average Bonchev–Trinajstić information content (AvgIpc) is 3.62. The van der Waals surface area contributed by atoms with Crippen molar-refractivity contribution >= 4 is 22.5 Å². The van der Waals surface area contributed by atoms with Crippen LogP contribution in [0.3, 0.4) is 0 Å². The number of benzene rings is 1. The fraction of sp³-hybridized carbons (Fsp3) is 0.360. The van der Waals surface area contributed by atoms with Crippen molar-refractivity contribution in [2.75, 3.05) is 19.6 Å². The molecule has 3 aromatic rings. The maximum absolute atomic E-state index is 13.0. The highest BCUT2D eigenvalue weighted by atomic mass is 16.2. The molecule has 5 nitrogen and oxygen atoms in total. The first-order chi connectivity index (χ1) is 14.7. The lowest BCUT2D eigenvalue weighted by atomic mass is 9.83. The van der Waals surface area contributed by atoms with Crippen LogP contribution in [0.15, 0.2) is 60.0 Å². The van der Waals surface area contributed by atoms with Crippen molar-refractivity contribution < 1.29 is 4.79 Å². The summed E-state index contributed by atoms with van der Waals surface area (Å²) in [5.74, 6) is 1.05. The van der Waals surface area contributed by atoms with Gasteiger partial charge < -0.3 is 4.90 Å². The number of hydrogen-bond acceptors (Lipinski definition) is 4. The zero-order valence-electron chi connectivity index (χ0n) is 17.3. The second-order valence-corrected chi connectivity index (χ2v) is 8.56. The van der Waals surface area contributed by atoms with E-state index in [4.69, 9.17) is 0 Å². The van der Waals surface area contributed by atoms with Crippen molar-refractivity contribution in [1.29, 1.82) is 0 Å². The number of likely N-dealkylation sites (tertiary alicyclic amines) is 1. The zero-order valence-corrected chi connectivity index (χ0v) is 17.3. The molecule has 0 N–H and O–H groups in total. The Morgan fingerprint density at radius 1 is 1.13 bits per heavy atom. The van der Waals surface area contributed by atoms with Gasteiger partial charge in [0.15, 0.2) is 0 Å². The summed E-state index contributed by atoms with van der Waals surface area (Å²) in [6.07, 6.45) is 7.84. The van der Waals surface area contributed by atoms with Crippen LogP contribution in [-0.4, -0.2) is 46.1 Å². The van der Waals surface area contributed by atoms with E-state index < -0.39 is 0 Å². The molecule has 0 saturated carbocycles. The van der Waals surface area contributed by atoms with E-state index in [0.717, 1.165) is 54.8 Å². The number of piperidine rings is 1. The molecule has 152 valence electrons. The molecule has 2 aromatic heterocycles. The van der Waals surface area contributed by atoms with Crippen molar-refractivity contribution in [2.45, 2.75) is 32.1 Å². The molecule has 2 aliphatic rings. The van der Waals surface area contributed by atoms with Gasteiger partial charge in [0.25, 0.3) is 0 Å². The number of nitrogens with zero attached hydrogens (tertiary/aromatic N) is 4. The van der Waals surface area contributed by atoms with E-state index >= 15 is 0 Å². The molecule has 0 spiro atoms. The number of fused-ring (bicyclic) bond motifs is 1. The van der Waals surface area contributed by atoms with E-state index in [1.807, 2.05) is 30.6 Å². The summed E-state index contributed by atoms with van der Waals surface area (Å²) in [5, 5.41) is 1.20. The maximum Gasteiger partial charge on any atom is 0.222 e. The number of amides is 1. The Labute approximate surface area is 176 Å². The molecule has 5 heteroatoms. The van der Waals surface area contributed by atoms with Gasteiger partial charge in [-0.15, -0.1) is 0 Å². The van der Waals surface area contributed by atoms with E-state index in [2.05, 4.69) is 45.0 Å². The fourth-order valence-electron chi connectivity index (χ4n) is 4.73. The van der Waals surface area contributed by atoms with Gasteiger partial charge >= 0.3 is 0 Å². The monoisotopic (exact) mass is 398 g/mol. The third-order valence-corrected chi connectivity index (χ3v) is 6.23. The van der Waals surface area contributed by atoms with Crippen molar-refractivity contribution in [1.82, 2.24) is 14.9 Å². The van der Waals surface area contributed by atoms with Crippen LogP contribution in [0.4, 0.5) is 0 Å².